The maximum atomic E-state index is 11.3. The quantitative estimate of drug-likeness (QED) is 0.245. The fourth-order valence-corrected chi connectivity index (χ4v) is 7.44. The van der Waals surface area contributed by atoms with Gasteiger partial charge in [0.2, 0.25) is 5.52 Å². The van der Waals surface area contributed by atoms with Gasteiger partial charge in [0.15, 0.2) is 6.54 Å². The van der Waals surface area contributed by atoms with Gasteiger partial charge >= 0.3 is 0 Å². The summed E-state index contributed by atoms with van der Waals surface area (Å²) in [6, 6.07) is 8.94. The van der Waals surface area contributed by atoms with Crippen molar-refractivity contribution in [1.29, 1.82) is 0 Å². The van der Waals surface area contributed by atoms with E-state index >= 15 is 0 Å². The summed E-state index contributed by atoms with van der Waals surface area (Å²) in [4.78, 5) is 2.87. The second-order valence-corrected chi connectivity index (χ2v) is 14.0. The zero-order valence-corrected chi connectivity index (χ0v) is 23.1. The molecular formula is C22H24ClN2O7S4+. The highest BCUT2D eigenvalue weighted by Gasteiger charge is 2.29. The van der Waals surface area contributed by atoms with Gasteiger partial charge < -0.3 is 10.0 Å². The molecule has 1 aromatic heterocycles. The number of aromatic nitrogens is 1. The molecule has 0 aliphatic carbocycles. The number of phenolic OH excluding ortho intramolecular Hbond substituents is 1. The van der Waals surface area contributed by atoms with E-state index < -0.39 is 26.0 Å². The largest absolute Gasteiger partial charge is 0.507 e. The Bertz CT molecular complexity index is 1570. The Hall–Kier alpha value is -1.87. The van der Waals surface area contributed by atoms with E-state index in [0.29, 0.717) is 17.1 Å². The van der Waals surface area contributed by atoms with Crippen LogP contribution in [-0.4, -0.2) is 49.1 Å². The minimum absolute atomic E-state index is 0.118. The molecule has 0 spiro atoms. The van der Waals surface area contributed by atoms with E-state index in [2.05, 4.69) is 0 Å². The van der Waals surface area contributed by atoms with Gasteiger partial charge in [0.05, 0.1) is 34.4 Å². The van der Waals surface area contributed by atoms with Crippen LogP contribution in [0.4, 0.5) is 5.69 Å². The number of phenols is 1. The van der Waals surface area contributed by atoms with Gasteiger partial charge in [-0.2, -0.15) is 21.4 Å². The zero-order valence-electron chi connectivity index (χ0n) is 19.1. The second kappa shape index (κ2) is 10.5. The van der Waals surface area contributed by atoms with Gasteiger partial charge in [-0.05, 0) is 43.2 Å². The molecule has 14 heteroatoms. The second-order valence-electron chi connectivity index (χ2n) is 8.33. The van der Waals surface area contributed by atoms with Gasteiger partial charge in [0.25, 0.3) is 25.2 Å². The van der Waals surface area contributed by atoms with Crippen LogP contribution in [0.1, 0.15) is 23.4 Å². The number of hydrogen-bond donors (Lipinski definition) is 3. The summed E-state index contributed by atoms with van der Waals surface area (Å²) in [5, 5.41) is 12.4. The summed E-state index contributed by atoms with van der Waals surface area (Å²) in [6.45, 7) is 2.40. The van der Waals surface area contributed by atoms with Gasteiger partial charge in [-0.25, -0.2) is 0 Å². The first-order valence-electron chi connectivity index (χ1n) is 10.8. The van der Waals surface area contributed by atoms with Crippen molar-refractivity contribution in [2.45, 2.75) is 31.2 Å². The molecular weight excluding hydrogens is 568 g/mol. The minimum atomic E-state index is -4.12. The molecule has 0 radical (unpaired) electrons. The molecule has 2 heterocycles. The van der Waals surface area contributed by atoms with E-state index in [1.807, 2.05) is 27.7 Å². The van der Waals surface area contributed by atoms with Crippen LogP contribution in [0.25, 0.3) is 16.3 Å². The molecule has 3 N–H and O–H groups in total. The fourth-order valence-electron chi connectivity index (χ4n) is 3.90. The minimum Gasteiger partial charge on any atom is -0.507 e. The van der Waals surface area contributed by atoms with Gasteiger partial charge in [0, 0.05) is 22.9 Å². The Balaban J connectivity index is 1.76. The third-order valence-corrected chi connectivity index (χ3v) is 9.61. The number of halogens is 1. The molecule has 0 saturated carbocycles. The van der Waals surface area contributed by atoms with E-state index in [-0.39, 0.29) is 30.9 Å². The molecule has 0 unspecified atom stereocenters. The van der Waals surface area contributed by atoms with Crippen LogP contribution >= 0.6 is 34.7 Å². The first-order chi connectivity index (χ1) is 16.8. The van der Waals surface area contributed by atoms with Crippen LogP contribution in [0.3, 0.4) is 0 Å². The standard InChI is InChI=1S/C22H23ClN2O7S4/c1-14-10-20-17(12-18(14)26)25(7-3-9-36(30,31)32)22(34-20)13-21-24(6-2-8-35(27,28)29)16-11-15(23)4-5-19(16)33-21/h4-5,10-13H,2-3,6-9H2,1H3,(H2-,26,27,28,29,30,31,32)/p+1. The lowest BCUT2D eigenvalue weighted by atomic mass is 10.2. The summed E-state index contributed by atoms with van der Waals surface area (Å²) in [5.41, 5.74) is 2.26. The van der Waals surface area contributed by atoms with E-state index in [4.69, 9.17) is 20.7 Å². The zero-order chi connectivity index (χ0) is 26.3. The average molecular weight is 592 g/mol. The van der Waals surface area contributed by atoms with Gasteiger partial charge in [-0.3, -0.25) is 9.11 Å². The maximum Gasteiger partial charge on any atom is 0.265 e. The van der Waals surface area contributed by atoms with Crippen molar-refractivity contribution in [3.05, 3.63) is 51.0 Å². The van der Waals surface area contributed by atoms with Crippen molar-refractivity contribution >= 4 is 76.9 Å². The molecule has 0 atom stereocenters. The van der Waals surface area contributed by atoms with Crippen molar-refractivity contribution in [1.82, 2.24) is 0 Å². The highest BCUT2D eigenvalue weighted by atomic mass is 35.5. The van der Waals surface area contributed by atoms with Crippen molar-refractivity contribution in [3.8, 4) is 5.75 Å². The lowest BCUT2D eigenvalue weighted by Crippen LogP contribution is -2.36. The van der Waals surface area contributed by atoms with Crippen LogP contribution in [0.2, 0.25) is 5.02 Å². The summed E-state index contributed by atoms with van der Waals surface area (Å²) < 4.78 is 66.2. The summed E-state index contributed by atoms with van der Waals surface area (Å²) in [7, 11) is -8.23. The van der Waals surface area contributed by atoms with Crippen LogP contribution in [0, 0.1) is 6.92 Å². The predicted molar refractivity (Wildman–Crippen MR) is 143 cm³/mol. The molecule has 0 saturated heterocycles. The van der Waals surface area contributed by atoms with E-state index in [1.54, 1.807) is 25.1 Å². The number of thiazole rings is 1. The van der Waals surface area contributed by atoms with Gasteiger partial charge in [-0.1, -0.05) is 34.7 Å². The highest BCUT2D eigenvalue weighted by molar-refractivity contribution is 8.04. The van der Waals surface area contributed by atoms with Crippen LogP contribution in [-0.2, 0) is 26.8 Å². The van der Waals surface area contributed by atoms with Gasteiger partial charge in [0.1, 0.15) is 10.4 Å². The molecule has 0 bridgehead atoms. The third-order valence-electron chi connectivity index (χ3n) is 5.56. The molecule has 0 fully saturated rings. The molecule has 1 aliphatic heterocycles. The Morgan fingerprint density at radius 3 is 2.44 bits per heavy atom. The Morgan fingerprint density at radius 2 is 1.75 bits per heavy atom. The van der Waals surface area contributed by atoms with Crippen LogP contribution in [0.5, 0.6) is 5.75 Å². The topological polar surface area (TPSA) is 136 Å². The summed E-state index contributed by atoms with van der Waals surface area (Å²) >= 11 is 9.17. The number of hydrogen-bond acceptors (Lipinski definition) is 8. The number of aromatic hydroxyl groups is 1. The van der Waals surface area contributed by atoms with Gasteiger partial charge in [-0.15, -0.1) is 0 Å². The number of thioether (sulfide) groups is 1. The predicted octanol–water partition coefficient (Wildman–Crippen LogP) is 4.32. The smallest absolute Gasteiger partial charge is 0.265 e. The van der Waals surface area contributed by atoms with Crippen LogP contribution in [0.15, 0.2) is 40.3 Å². The first-order valence-corrected chi connectivity index (χ1v) is 16.1. The number of aryl methyl sites for hydroxylation is 2. The Labute approximate surface area is 222 Å². The molecule has 4 rings (SSSR count). The SMILES string of the molecule is Cc1cc2sc(C=C3Sc4ccc(Cl)cc4N3CCCS(=O)(=O)O)[n+](CCCS(=O)(=O)O)c2cc1O. The normalized spacial score (nSPS) is 15.2. The van der Waals surface area contributed by atoms with Crippen molar-refractivity contribution in [3.63, 3.8) is 0 Å². The average Bonchev–Trinajstić information content (AvgIpc) is 3.24. The van der Waals surface area contributed by atoms with E-state index in [1.165, 1.54) is 23.1 Å². The Morgan fingerprint density at radius 1 is 1.06 bits per heavy atom. The van der Waals surface area contributed by atoms with E-state index in [9.17, 15) is 21.9 Å². The number of nitrogens with zero attached hydrogens (tertiary/aromatic N) is 2. The monoisotopic (exact) mass is 591 g/mol. The number of benzene rings is 2. The van der Waals surface area contributed by atoms with Crippen LogP contribution < -0.4 is 9.47 Å². The van der Waals surface area contributed by atoms with Crippen molar-refractivity contribution in [2.75, 3.05) is 23.0 Å². The maximum absolute atomic E-state index is 11.3. The van der Waals surface area contributed by atoms with Crippen molar-refractivity contribution in [2.24, 2.45) is 0 Å². The lowest BCUT2D eigenvalue weighted by Gasteiger charge is -2.20. The molecule has 2 aromatic carbocycles. The number of rotatable bonds is 9. The molecule has 36 heavy (non-hydrogen) atoms. The number of anilines is 1. The first kappa shape index (κ1) is 27.2. The molecule has 194 valence electrons. The van der Waals surface area contributed by atoms with Crippen molar-refractivity contribution < 1.29 is 35.6 Å². The summed E-state index contributed by atoms with van der Waals surface area (Å²) in [5.74, 6) is -0.660. The molecule has 1 aliphatic rings. The fraction of sp³-hybridized carbons (Fsp3) is 0.318. The molecule has 3 aromatic rings. The Kier molecular flexibility index (Phi) is 7.91. The molecule has 9 nitrogen and oxygen atoms in total. The molecule has 0 amide bonds. The summed E-state index contributed by atoms with van der Waals surface area (Å²) in [6.07, 6.45) is 2.29. The highest BCUT2D eigenvalue weighted by Crippen LogP contribution is 2.48. The van der Waals surface area contributed by atoms with E-state index in [0.717, 1.165) is 30.8 Å². The number of fused-ring (bicyclic) bond motifs is 2. The lowest BCUT2D eigenvalue weighted by molar-refractivity contribution is -0.668. The third kappa shape index (κ3) is 6.52.